The van der Waals surface area contributed by atoms with Crippen LogP contribution in [0.15, 0.2) is 35.1 Å². The molecule has 148 valence electrons. The molecule has 0 saturated carbocycles. The van der Waals surface area contributed by atoms with Gasteiger partial charge in [0.15, 0.2) is 0 Å². The molecule has 0 radical (unpaired) electrons. The molecule has 1 fully saturated rings. The third-order valence-electron chi connectivity index (χ3n) is 5.56. The van der Waals surface area contributed by atoms with Crippen LogP contribution in [0.2, 0.25) is 0 Å². The van der Waals surface area contributed by atoms with E-state index in [1.54, 1.807) is 0 Å². The molecular formula is C21H26N4O3. The zero-order chi connectivity index (χ0) is 19.5. The highest BCUT2D eigenvalue weighted by Gasteiger charge is 2.21. The summed E-state index contributed by atoms with van der Waals surface area (Å²) in [5.74, 6) is -0.248. The third-order valence-corrected chi connectivity index (χ3v) is 5.56. The Kier molecular flexibility index (Phi) is 5.57. The predicted octanol–water partition coefficient (Wildman–Crippen LogP) is 1.67. The second-order valence-corrected chi connectivity index (χ2v) is 7.34. The average molecular weight is 382 g/mol. The quantitative estimate of drug-likeness (QED) is 0.749. The van der Waals surface area contributed by atoms with Crippen molar-refractivity contribution in [3.8, 4) is 0 Å². The molecular weight excluding hydrogens is 356 g/mol. The van der Waals surface area contributed by atoms with Crippen molar-refractivity contribution in [3.63, 3.8) is 0 Å². The number of ether oxygens (including phenoxy) is 1. The topological polar surface area (TPSA) is 86.5 Å². The van der Waals surface area contributed by atoms with E-state index in [0.717, 1.165) is 61.8 Å². The second-order valence-electron chi connectivity index (χ2n) is 7.34. The SMILES string of the molecule is CC(c1cccc(NC(=O)c2cc(=O)[nH]c3c2CNCC3)c1)N1CCOCC1. The summed E-state index contributed by atoms with van der Waals surface area (Å²) in [4.78, 5) is 30.1. The van der Waals surface area contributed by atoms with Gasteiger partial charge in [0, 0.05) is 56.1 Å². The van der Waals surface area contributed by atoms with Gasteiger partial charge >= 0.3 is 0 Å². The number of pyridine rings is 1. The van der Waals surface area contributed by atoms with Crippen molar-refractivity contribution in [1.82, 2.24) is 15.2 Å². The Morgan fingerprint density at radius 1 is 1.25 bits per heavy atom. The maximum Gasteiger partial charge on any atom is 0.256 e. The number of nitrogens with zero attached hydrogens (tertiary/aromatic N) is 1. The molecule has 1 amide bonds. The van der Waals surface area contributed by atoms with Crippen LogP contribution in [-0.4, -0.2) is 48.6 Å². The number of fused-ring (bicyclic) bond motifs is 1. The van der Waals surface area contributed by atoms with Crippen molar-refractivity contribution < 1.29 is 9.53 Å². The van der Waals surface area contributed by atoms with E-state index in [4.69, 9.17) is 4.74 Å². The zero-order valence-corrected chi connectivity index (χ0v) is 16.1. The van der Waals surface area contributed by atoms with Gasteiger partial charge in [-0.25, -0.2) is 0 Å². The molecule has 3 heterocycles. The van der Waals surface area contributed by atoms with E-state index >= 15 is 0 Å². The summed E-state index contributed by atoms with van der Waals surface area (Å²) in [6, 6.07) is 9.56. The van der Waals surface area contributed by atoms with Gasteiger partial charge in [-0.05, 0) is 30.2 Å². The Labute approximate surface area is 164 Å². The van der Waals surface area contributed by atoms with Gasteiger partial charge < -0.3 is 20.4 Å². The van der Waals surface area contributed by atoms with Gasteiger partial charge in [-0.1, -0.05) is 12.1 Å². The van der Waals surface area contributed by atoms with Crippen molar-refractivity contribution in [2.24, 2.45) is 0 Å². The number of nitrogens with one attached hydrogen (secondary N) is 3. The summed E-state index contributed by atoms with van der Waals surface area (Å²) in [6.45, 7) is 6.88. The minimum Gasteiger partial charge on any atom is -0.379 e. The van der Waals surface area contributed by atoms with E-state index in [-0.39, 0.29) is 17.5 Å². The Hall–Kier alpha value is -2.48. The number of anilines is 1. The number of morpholine rings is 1. The average Bonchev–Trinajstić information content (AvgIpc) is 2.73. The number of hydrogen-bond donors (Lipinski definition) is 3. The first-order valence-electron chi connectivity index (χ1n) is 9.81. The summed E-state index contributed by atoms with van der Waals surface area (Å²) in [5.41, 5.74) is 3.82. The van der Waals surface area contributed by atoms with Crippen LogP contribution in [-0.2, 0) is 17.7 Å². The molecule has 4 rings (SSSR count). The number of aromatic amines is 1. The standard InChI is InChI=1S/C21H26N4O3/c1-14(25-7-9-28-10-8-25)15-3-2-4-16(11-15)23-21(27)17-12-20(26)24-19-5-6-22-13-18(17)19/h2-4,11-12,14,22H,5-10,13H2,1H3,(H,23,27)(H,24,26). The van der Waals surface area contributed by atoms with Gasteiger partial charge in [0.1, 0.15) is 0 Å². The number of carbonyl (C=O) groups is 1. The maximum absolute atomic E-state index is 12.9. The van der Waals surface area contributed by atoms with E-state index in [1.807, 2.05) is 18.2 Å². The van der Waals surface area contributed by atoms with Crippen LogP contribution >= 0.6 is 0 Å². The van der Waals surface area contributed by atoms with Gasteiger partial charge in [-0.2, -0.15) is 0 Å². The molecule has 2 aliphatic heterocycles. The molecule has 1 unspecified atom stereocenters. The first-order chi connectivity index (χ1) is 13.6. The monoisotopic (exact) mass is 382 g/mol. The molecule has 0 spiro atoms. The fraction of sp³-hybridized carbons (Fsp3) is 0.429. The highest BCUT2D eigenvalue weighted by atomic mass is 16.5. The van der Waals surface area contributed by atoms with Gasteiger partial charge in [-0.3, -0.25) is 14.5 Å². The number of amides is 1. The third kappa shape index (κ3) is 4.01. The number of H-pyrrole nitrogens is 1. The number of benzene rings is 1. The lowest BCUT2D eigenvalue weighted by atomic mass is 10.0. The summed E-state index contributed by atoms with van der Waals surface area (Å²) in [5, 5.41) is 6.23. The molecule has 0 aliphatic carbocycles. The van der Waals surface area contributed by atoms with E-state index < -0.39 is 0 Å². The molecule has 2 aromatic rings. The largest absolute Gasteiger partial charge is 0.379 e. The minimum atomic E-state index is -0.248. The number of hydrogen-bond acceptors (Lipinski definition) is 5. The first kappa shape index (κ1) is 18.9. The lowest BCUT2D eigenvalue weighted by Crippen LogP contribution is -2.38. The van der Waals surface area contributed by atoms with Crippen molar-refractivity contribution in [1.29, 1.82) is 0 Å². The summed E-state index contributed by atoms with van der Waals surface area (Å²) in [7, 11) is 0. The fourth-order valence-corrected chi connectivity index (χ4v) is 3.94. The normalized spacial score (nSPS) is 18.3. The van der Waals surface area contributed by atoms with Crippen molar-refractivity contribution in [2.45, 2.75) is 25.9 Å². The van der Waals surface area contributed by atoms with E-state index in [0.29, 0.717) is 12.1 Å². The van der Waals surface area contributed by atoms with Crippen LogP contribution < -0.4 is 16.2 Å². The fourth-order valence-electron chi connectivity index (χ4n) is 3.94. The zero-order valence-electron chi connectivity index (χ0n) is 16.1. The van der Waals surface area contributed by atoms with Gasteiger partial charge in [0.25, 0.3) is 5.91 Å². The maximum atomic E-state index is 12.9. The molecule has 1 saturated heterocycles. The highest BCUT2D eigenvalue weighted by Crippen LogP contribution is 2.24. The Morgan fingerprint density at radius 2 is 2.07 bits per heavy atom. The van der Waals surface area contributed by atoms with Gasteiger partial charge in [0.2, 0.25) is 5.56 Å². The molecule has 28 heavy (non-hydrogen) atoms. The van der Waals surface area contributed by atoms with Crippen molar-refractivity contribution in [3.05, 3.63) is 63.1 Å². The van der Waals surface area contributed by atoms with Crippen LogP contribution in [0.3, 0.4) is 0 Å². The lowest BCUT2D eigenvalue weighted by Gasteiger charge is -2.32. The van der Waals surface area contributed by atoms with Crippen LogP contribution in [0.25, 0.3) is 0 Å². The number of rotatable bonds is 4. The molecule has 7 nitrogen and oxygen atoms in total. The Morgan fingerprint density at radius 3 is 2.89 bits per heavy atom. The Bertz CT molecular complexity index is 918. The van der Waals surface area contributed by atoms with Crippen LogP contribution in [0.4, 0.5) is 5.69 Å². The van der Waals surface area contributed by atoms with Crippen molar-refractivity contribution in [2.75, 3.05) is 38.2 Å². The summed E-state index contributed by atoms with van der Waals surface area (Å²) >= 11 is 0. The molecule has 1 aromatic heterocycles. The highest BCUT2D eigenvalue weighted by molar-refractivity contribution is 6.05. The van der Waals surface area contributed by atoms with Gasteiger partial charge in [-0.15, -0.1) is 0 Å². The van der Waals surface area contributed by atoms with Crippen LogP contribution in [0.1, 0.15) is 40.1 Å². The van der Waals surface area contributed by atoms with E-state index in [1.165, 1.54) is 6.07 Å². The predicted molar refractivity (Wildman–Crippen MR) is 108 cm³/mol. The van der Waals surface area contributed by atoms with Crippen molar-refractivity contribution >= 4 is 11.6 Å². The lowest BCUT2D eigenvalue weighted by molar-refractivity contribution is 0.0199. The molecule has 7 heteroatoms. The molecule has 2 aliphatic rings. The first-order valence-corrected chi connectivity index (χ1v) is 9.81. The van der Waals surface area contributed by atoms with E-state index in [9.17, 15) is 9.59 Å². The van der Waals surface area contributed by atoms with Crippen LogP contribution in [0.5, 0.6) is 0 Å². The smallest absolute Gasteiger partial charge is 0.256 e. The van der Waals surface area contributed by atoms with Crippen LogP contribution in [0, 0.1) is 0 Å². The summed E-state index contributed by atoms with van der Waals surface area (Å²) < 4.78 is 5.43. The number of aromatic nitrogens is 1. The molecule has 3 N–H and O–H groups in total. The second kappa shape index (κ2) is 8.26. The molecule has 1 aromatic carbocycles. The molecule has 0 bridgehead atoms. The summed E-state index contributed by atoms with van der Waals surface area (Å²) in [6.07, 6.45) is 0.720. The minimum absolute atomic E-state index is 0.236. The molecule has 1 atom stereocenters. The Balaban J connectivity index is 1.54. The number of carbonyl (C=O) groups excluding carboxylic acids is 1. The van der Waals surface area contributed by atoms with Gasteiger partial charge in [0.05, 0.1) is 18.8 Å². The van der Waals surface area contributed by atoms with E-state index in [2.05, 4.69) is 33.5 Å².